The third-order valence-electron chi connectivity index (χ3n) is 4.14. The van der Waals surface area contributed by atoms with E-state index in [0.29, 0.717) is 0 Å². The van der Waals surface area contributed by atoms with Crippen molar-refractivity contribution in [2.75, 3.05) is 0 Å². The predicted octanol–water partition coefficient (Wildman–Crippen LogP) is 4.59. The molecular formula is C24H24FeNP. The average molecular weight is 413 g/mol. The molecule has 0 amide bonds. The normalized spacial score (nSPS) is 11.2. The van der Waals surface area contributed by atoms with Crippen LogP contribution in [0.4, 0.5) is 0 Å². The molecule has 0 radical (unpaired) electrons. The molecule has 0 bridgehead atoms. The summed E-state index contributed by atoms with van der Waals surface area (Å²) in [6.07, 6.45) is 0. The largest absolute Gasteiger partial charge is 2.00 e. The first kappa shape index (κ1) is 21.4. The third kappa shape index (κ3) is 5.76. The zero-order chi connectivity index (χ0) is 18.2. The summed E-state index contributed by atoms with van der Waals surface area (Å²) in [6.45, 7) is 2.06. The summed E-state index contributed by atoms with van der Waals surface area (Å²) in [5.74, 6) is 0. The fourth-order valence-corrected chi connectivity index (χ4v) is 5.48. The molecule has 0 heterocycles. The Kier molecular flexibility index (Phi) is 8.71. The molecule has 2 N–H and O–H groups in total. The number of nitrogens with two attached hydrogens (primary N) is 1. The summed E-state index contributed by atoms with van der Waals surface area (Å²) >= 11 is 0. The van der Waals surface area contributed by atoms with E-state index in [2.05, 4.69) is 85.8 Å². The van der Waals surface area contributed by atoms with Gasteiger partial charge < -0.3 is 5.73 Å². The van der Waals surface area contributed by atoms with Gasteiger partial charge >= 0.3 is 17.1 Å². The third-order valence-corrected chi connectivity index (χ3v) is 6.66. The van der Waals surface area contributed by atoms with Crippen LogP contribution >= 0.6 is 7.92 Å². The Morgan fingerprint density at radius 3 is 1.67 bits per heavy atom. The van der Waals surface area contributed by atoms with E-state index in [1.807, 2.05) is 30.3 Å². The van der Waals surface area contributed by atoms with Crippen molar-refractivity contribution in [2.45, 2.75) is 13.0 Å². The van der Waals surface area contributed by atoms with Crippen LogP contribution in [0.3, 0.4) is 0 Å². The van der Waals surface area contributed by atoms with Gasteiger partial charge in [-0.1, -0.05) is 67.6 Å². The fourth-order valence-electron chi connectivity index (χ4n) is 2.92. The van der Waals surface area contributed by atoms with E-state index in [9.17, 15) is 0 Å². The topological polar surface area (TPSA) is 26.0 Å². The molecule has 0 aromatic heterocycles. The second-order valence-corrected chi connectivity index (χ2v) is 8.31. The molecule has 0 saturated carbocycles. The smallest absolute Gasteiger partial charge is 0.335 e. The molecule has 0 aliphatic rings. The van der Waals surface area contributed by atoms with E-state index in [4.69, 9.17) is 5.73 Å². The van der Waals surface area contributed by atoms with Gasteiger partial charge in [0.15, 0.2) is 0 Å². The molecule has 0 aliphatic carbocycles. The summed E-state index contributed by atoms with van der Waals surface area (Å²) in [5.41, 5.74) is 7.42. The van der Waals surface area contributed by atoms with E-state index < -0.39 is 7.92 Å². The van der Waals surface area contributed by atoms with Gasteiger partial charge in [0.1, 0.15) is 0 Å². The Morgan fingerprint density at radius 1 is 0.741 bits per heavy atom. The van der Waals surface area contributed by atoms with Crippen molar-refractivity contribution < 1.29 is 17.1 Å². The van der Waals surface area contributed by atoms with Gasteiger partial charge in [-0.05, 0) is 24.6 Å². The Hall–Kier alpha value is -1.95. The van der Waals surface area contributed by atoms with Crippen molar-refractivity contribution in [1.29, 1.82) is 0 Å². The van der Waals surface area contributed by atoms with Crippen LogP contribution in [0.25, 0.3) is 0 Å². The fraction of sp³-hybridized carbons (Fsp3) is 0.0833. The number of rotatable bonds is 4. The van der Waals surface area contributed by atoms with Crippen molar-refractivity contribution in [2.24, 2.45) is 5.73 Å². The van der Waals surface area contributed by atoms with Crippen LogP contribution in [0, 0.1) is 0 Å². The summed E-state index contributed by atoms with van der Waals surface area (Å²) in [4.78, 5) is 0. The molecule has 1 unspecified atom stereocenters. The molecule has 0 saturated heterocycles. The summed E-state index contributed by atoms with van der Waals surface area (Å²) in [5, 5.41) is 4.11. The zero-order valence-electron chi connectivity index (χ0n) is 15.3. The maximum atomic E-state index is 6.16. The first-order valence-corrected chi connectivity index (χ1v) is 10.2. The molecule has 3 heteroatoms. The maximum Gasteiger partial charge on any atom is 2.00 e. The van der Waals surface area contributed by atoms with E-state index in [1.54, 1.807) is 0 Å². The second-order valence-electron chi connectivity index (χ2n) is 6.12. The molecule has 1 atom stereocenters. The minimum atomic E-state index is -0.542. The van der Waals surface area contributed by atoms with Gasteiger partial charge in [-0.15, -0.1) is 5.30 Å². The molecule has 4 aromatic rings. The van der Waals surface area contributed by atoms with Gasteiger partial charge in [0, 0.05) is 0 Å². The van der Waals surface area contributed by atoms with Crippen molar-refractivity contribution >= 4 is 23.8 Å². The van der Waals surface area contributed by atoms with Crippen molar-refractivity contribution in [1.82, 2.24) is 0 Å². The van der Waals surface area contributed by atoms with Crippen molar-refractivity contribution in [3.8, 4) is 0 Å². The van der Waals surface area contributed by atoms with E-state index >= 15 is 0 Å². The van der Waals surface area contributed by atoms with Crippen LogP contribution < -0.4 is 21.6 Å². The van der Waals surface area contributed by atoms with Gasteiger partial charge in [0.05, 0.1) is 0 Å². The van der Waals surface area contributed by atoms with Crippen LogP contribution in [0.2, 0.25) is 0 Å². The molecule has 0 spiro atoms. The molecule has 4 aromatic carbocycles. The molecule has 27 heavy (non-hydrogen) atoms. The van der Waals surface area contributed by atoms with Crippen LogP contribution in [0.1, 0.15) is 18.5 Å². The SMILES string of the molecule is CC(N)c1cc[cH-]c1P(c1ccccc1)c1ccccc1.[Fe+2].c1cc[cH-]c1. The van der Waals surface area contributed by atoms with Crippen molar-refractivity contribution in [3.63, 3.8) is 0 Å². The number of hydrogen-bond acceptors (Lipinski definition) is 1. The minimum Gasteiger partial charge on any atom is -0.335 e. The predicted molar refractivity (Wildman–Crippen MR) is 115 cm³/mol. The van der Waals surface area contributed by atoms with Gasteiger partial charge in [-0.3, -0.25) is 0 Å². The Bertz CT molecular complexity index is 810. The van der Waals surface area contributed by atoms with Gasteiger partial charge in [0.25, 0.3) is 0 Å². The van der Waals surface area contributed by atoms with Gasteiger partial charge in [0.2, 0.25) is 0 Å². The first-order chi connectivity index (χ1) is 12.8. The summed E-state index contributed by atoms with van der Waals surface area (Å²) in [7, 11) is -0.542. The first-order valence-electron chi connectivity index (χ1n) is 8.85. The molecular weight excluding hydrogens is 389 g/mol. The van der Waals surface area contributed by atoms with Crippen LogP contribution in [-0.2, 0) is 17.1 Å². The molecule has 4 rings (SSSR count). The van der Waals surface area contributed by atoms with Crippen LogP contribution in [0.15, 0.2) is 109 Å². The van der Waals surface area contributed by atoms with Crippen molar-refractivity contribution in [3.05, 3.63) is 115 Å². The van der Waals surface area contributed by atoms with E-state index in [-0.39, 0.29) is 23.1 Å². The maximum absolute atomic E-state index is 6.16. The second kappa shape index (κ2) is 11.0. The molecule has 0 fully saturated rings. The zero-order valence-corrected chi connectivity index (χ0v) is 17.3. The standard InChI is InChI=1S/C19H19NP.C5H5.Fe/c1-15(20)18-13-8-14-19(18)21(16-9-4-2-5-10-16)17-11-6-3-7-12-17;1-2-4-5-3-1;/h2-15H,20H2,1H3;1-5H;/q2*-1;+2. The van der Waals surface area contributed by atoms with E-state index in [1.165, 1.54) is 21.5 Å². The van der Waals surface area contributed by atoms with Crippen LogP contribution in [0.5, 0.6) is 0 Å². The molecule has 138 valence electrons. The minimum absolute atomic E-state index is 0. The molecule has 0 aliphatic heterocycles. The monoisotopic (exact) mass is 413 g/mol. The number of benzene rings is 2. The Morgan fingerprint density at radius 2 is 1.26 bits per heavy atom. The number of hydrogen-bond donors (Lipinski definition) is 1. The Balaban J connectivity index is 0.000000379. The average Bonchev–Trinajstić information content (AvgIpc) is 3.39. The summed E-state index contributed by atoms with van der Waals surface area (Å²) < 4.78 is 0. The van der Waals surface area contributed by atoms with E-state index in [0.717, 1.165) is 0 Å². The molecule has 1 nitrogen and oxygen atoms in total. The van der Waals surface area contributed by atoms with Crippen LogP contribution in [-0.4, -0.2) is 0 Å². The summed E-state index contributed by atoms with van der Waals surface area (Å²) in [6, 6.07) is 38.0. The quantitative estimate of drug-likeness (QED) is 0.296. The van der Waals surface area contributed by atoms with Gasteiger partial charge in [-0.25, -0.2) is 18.2 Å². The Labute approximate surface area is 174 Å². The van der Waals surface area contributed by atoms with Gasteiger partial charge in [-0.2, -0.15) is 35.9 Å².